The molecular weight excluding hydrogens is 524 g/mol. The Kier molecular flexibility index (Phi) is 7.90. The Morgan fingerprint density at radius 3 is 2.50 bits per heavy atom. The highest BCUT2D eigenvalue weighted by atomic mass is 16.2. The van der Waals surface area contributed by atoms with Gasteiger partial charge in [0.05, 0.1) is 12.2 Å². The molecule has 0 bridgehead atoms. The van der Waals surface area contributed by atoms with Crippen LogP contribution in [0.5, 0.6) is 0 Å². The maximum absolute atomic E-state index is 13.8. The zero-order valence-electron chi connectivity index (χ0n) is 25.1. The van der Waals surface area contributed by atoms with Gasteiger partial charge in [0, 0.05) is 67.1 Å². The molecule has 2 atom stereocenters. The molecule has 2 aromatic carbocycles. The summed E-state index contributed by atoms with van der Waals surface area (Å²) in [5.41, 5.74) is 6.22. The highest BCUT2D eigenvalue weighted by Gasteiger charge is 2.32. The van der Waals surface area contributed by atoms with E-state index >= 15 is 0 Å². The summed E-state index contributed by atoms with van der Waals surface area (Å²) < 4.78 is 0. The monoisotopic (exact) mass is 566 g/mol. The van der Waals surface area contributed by atoms with E-state index in [1.807, 2.05) is 11.0 Å². The Morgan fingerprint density at radius 1 is 1.00 bits per heavy atom. The smallest absolute Gasteiger partial charge is 0.270 e. The van der Waals surface area contributed by atoms with E-state index in [9.17, 15) is 9.59 Å². The molecule has 1 saturated carbocycles. The van der Waals surface area contributed by atoms with E-state index in [-0.39, 0.29) is 17.9 Å². The fraction of sp³-hybridized carbons (Fsp3) is 0.441. The standard InChI is InChI=1S/C34H42N6O2/c1-5-32(41)39-19-17-38(18-20-39)31-21-27(34(42)36-26-12-8-13-29(26)37(3)4)35-28-22-40(16-15-25(28)31)30-14-7-11-24-10-6-9-23(2)33(24)30/h5-7,9-11,14,21,26,29H,1,8,12-13,15-20,22H2,2-4H3,(H,36,42)/t26-,29-/m1/s1. The SMILES string of the molecule is C=CC(=O)N1CCN(c2cc(C(=O)N[C@@H]3CCC[C@H]3N(C)C)nc3c2CCN(c2cccc4cccc(C)c24)C3)CC1. The van der Waals surface area contributed by atoms with Crippen molar-refractivity contribution in [2.45, 2.75) is 51.2 Å². The number of nitrogens with zero attached hydrogens (tertiary/aromatic N) is 5. The first-order valence-electron chi connectivity index (χ1n) is 15.2. The lowest BCUT2D eigenvalue weighted by Crippen LogP contribution is -2.49. The Balaban J connectivity index is 1.34. The topological polar surface area (TPSA) is 72.0 Å². The number of rotatable bonds is 6. The summed E-state index contributed by atoms with van der Waals surface area (Å²) in [4.78, 5) is 39.8. The van der Waals surface area contributed by atoms with Crippen molar-refractivity contribution in [3.8, 4) is 0 Å². The van der Waals surface area contributed by atoms with E-state index < -0.39 is 0 Å². The van der Waals surface area contributed by atoms with Gasteiger partial charge in [0.2, 0.25) is 5.91 Å². The molecule has 1 N–H and O–H groups in total. The lowest BCUT2D eigenvalue weighted by atomic mass is 9.97. The van der Waals surface area contributed by atoms with Gasteiger partial charge in [-0.3, -0.25) is 9.59 Å². The maximum Gasteiger partial charge on any atom is 0.270 e. The Bertz CT molecular complexity index is 1500. The van der Waals surface area contributed by atoms with Gasteiger partial charge in [0.1, 0.15) is 5.69 Å². The number of aryl methyl sites for hydroxylation is 1. The van der Waals surface area contributed by atoms with Crippen LogP contribution in [0.4, 0.5) is 11.4 Å². The van der Waals surface area contributed by atoms with E-state index in [0.717, 1.165) is 43.6 Å². The molecule has 6 rings (SSSR count). The summed E-state index contributed by atoms with van der Waals surface area (Å²) in [5.74, 6) is -0.129. The third-order valence-electron chi connectivity index (χ3n) is 9.39. The summed E-state index contributed by atoms with van der Waals surface area (Å²) in [6.07, 6.45) is 5.43. The van der Waals surface area contributed by atoms with E-state index in [0.29, 0.717) is 44.5 Å². The van der Waals surface area contributed by atoms with Crippen molar-refractivity contribution in [1.29, 1.82) is 0 Å². The van der Waals surface area contributed by atoms with Gasteiger partial charge >= 0.3 is 0 Å². The van der Waals surface area contributed by atoms with Gasteiger partial charge in [-0.05, 0) is 75.9 Å². The molecule has 42 heavy (non-hydrogen) atoms. The molecule has 0 spiro atoms. The Labute approximate surface area is 249 Å². The Morgan fingerprint density at radius 2 is 1.76 bits per heavy atom. The van der Waals surface area contributed by atoms with Gasteiger partial charge in [-0.1, -0.05) is 36.9 Å². The molecule has 2 fully saturated rings. The van der Waals surface area contributed by atoms with E-state index in [4.69, 9.17) is 4.98 Å². The second-order valence-electron chi connectivity index (χ2n) is 12.1. The lowest BCUT2D eigenvalue weighted by molar-refractivity contribution is -0.126. The molecule has 8 heteroatoms. The van der Waals surface area contributed by atoms with Crippen molar-refractivity contribution in [2.75, 3.05) is 56.6 Å². The summed E-state index contributed by atoms with van der Waals surface area (Å²) in [5, 5.41) is 5.84. The van der Waals surface area contributed by atoms with Gasteiger partial charge in [0.15, 0.2) is 0 Å². The molecule has 2 amide bonds. The van der Waals surface area contributed by atoms with Crippen LogP contribution >= 0.6 is 0 Å². The first-order valence-corrected chi connectivity index (χ1v) is 15.2. The predicted molar refractivity (Wildman–Crippen MR) is 169 cm³/mol. The highest BCUT2D eigenvalue weighted by Crippen LogP contribution is 2.36. The van der Waals surface area contributed by atoms with Crippen LogP contribution in [-0.4, -0.2) is 85.5 Å². The van der Waals surface area contributed by atoms with Crippen molar-refractivity contribution >= 4 is 34.0 Å². The highest BCUT2D eigenvalue weighted by molar-refractivity contribution is 5.97. The minimum atomic E-state index is -0.101. The van der Waals surface area contributed by atoms with Crippen LogP contribution < -0.4 is 15.1 Å². The number of carbonyl (C=O) groups is 2. The van der Waals surface area contributed by atoms with Crippen molar-refractivity contribution in [3.05, 3.63) is 77.6 Å². The number of benzene rings is 2. The van der Waals surface area contributed by atoms with Gasteiger partial charge in [-0.2, -0.15) is 0 Å². The number of hydrogen-bond acceptors (Lipinski definition) is 6. The van der Waals surface area contributed by atoms with Crippen LogP contribution in [-0.2, 0) is 17.8 Å². The molecule has 1 aromatic heterocycles. The molecule has 3 aliphatic rings. The number of likely N-dealkylation sites (N-methyl/N-ethyl adjacent to an activating group) is 1. The van der Waals surface area contributed by atoms with Crippen LogP contribution in [0, 0.1) is 6.92 Å². The number of piperazine rings is 1. The summed E-state index contributed by atoms with van der Waals surface area (Å²) in [6.45, 7) is 10.1. The molecule has 2 aliphatic heterocycles. The largest absolute Gasteiger partial charge is 0.368 e. The third-order valence-corrected chi connectivity index (χ3v) is 9.39. The number of nitrogens with one attached hydrogen (secondary N) is 1. The van der Waals surface area contributed by atoms with Gasteiger partial charge in [0.25, 0.3) is 5.91 Å². The number of aromatic nitrogens is 1. The fourth-order valence-corrected chi connectivity index (χ4v) is 7.16. The molecule has 0 unspecified atom stereocenters. The molecular formula is C34H42N6O2. The van der Waals surface area contributed by atoms with Crippen molar-refractivity contribution in [2.24, 2.45) is 0 Å². The normalized spacial score (nSPS) is 20.6. The van der Waals surface area contributed by atoms with E-state index in [1.165, 1.54) is 33.7 Å². The predicted octanol–water partition coefficient (Wildman–Crippen LogP) is 4.15. The summed E-state index contributed by atoms with van der Waals surface area (Å²) in [6, 6.07) is 15.4. The zero-order valence-corrected chi connectivity index (χ0v) is 25.1. The van der Waals surface area contributed by atoms with Crippen LogP contribution in [0.15, 0.2) is 55.1 Å². The maximum atomic E-state index is 13.8. The second-order valence-corrected chi connectivity index (χ2v) is 12.1. The van der Waals surface area contributed by atoms with E-state index in [1.54, 1.807) is 0 Å². The summed E-state index contributed by atoms with van der Waals surface area (Å²) in [7, 11) is 4.18. The van der Waals surface area contributed by atoms with Gasteiger partial charge in [-0.15, -0.1) is 0 Å². The minimum absolute atomic E-state index is 0.0282. The van der Waals surface area contributed by atoms with Crippen molar-refractivity contribution in [1.82, 2.24) is 20.1 Å². The number of anilines is 2. The van der Waals surface area contributed by atoms with Crippen molar-refractivity contribution < 1.29 is 9.59 Å². The van der Waals surface area contributed by atoms with Crippen LogP contribution in [0.3, 0.4) is 0 Å². The number of carbonyl (C=O) groups excluding carboxylic acids is 2. The van der Waals surface area contributed by atoms with Crippen LogP contribution in [0.2, 0.25) is 0 Å². The molecule has 220 valence electrons. The Hall–Kier alpha value is -3.91. The molecule has 8 nitrogen and oxygen atoms in total. The minimum Gasteiger partial charge on any atom is -0.368 e. The lowest BCUT2D eigenvalue weighted by Gasteiger charge is -2.39. The quantitative estimate of drug-likeness (QED) is 0.452. The number of fused-ring (bicyclic) bond motifs is 2. The number of amides is 2. The first kappa shape index (κ1) is 28.2. The first-order chi connectivity index (χ1) is 20.3. The van der Waals surface area contributed by atoms with Crippen LogP contribution in [0.25, 0.3) is 10.8 Å². The molecule has 1 saturated heterocycles. The molecule has 0 radical (unpaired) electrons. The van der Waals surface area contributed by atoms with Gasteiger partial charge < -0.3 is 24.9 Å². The molecule has 1 aliphatic carbocycles. The fourth-order valence-electron chi connectivity index (χ4n) is 7.16. The average molecular weight is 567 g/mol. The van der Waals surface area contributed by atoms with E-state index in [2.05, 4.69) is 84.0 Å². The molecule has 3 aromatic rings. The number of hydrogen-bond donors (Lipinski definition) is 1. The third kappa shape index (κ3) is 5.36. The van der Waals surface area contributed by atoms with Gasteiger partial charge in [-0.25, -0.2) is 4.98 Å². The zero-order chi connectivity index (χ0) is 29.4. The summed E-state index contributed by atoms with van der Waals surface area (Å²) >= 11 is 0. The second kappa shape index (κ2) is 11.8. The number of pyridine rings is 1. The van der Waals surface area contributed by atoms with Crippen molar-refractivity contribution in [3.63, 3.8) is 0 Å². The van der Waals surface area contributed by atoms with Crippen LogP contribution in [0.1, 0.15) is 46.6 Å². The average Bonchev–Trinajstić information content (AvgIpc) is 3.48. The molecule has 3 heterocycles.